The van der Waals surface area contributed by atoms with Crippen LogP contribution in [0.1, 0.15) is 11.3 Å². The van der Waals surface area contributed by atoms with Gasteiger partial charge in [0.15, 0.2) is 0 Å². The number of halogens is 2. The summed E-state index contributed by atoms with van der Waals surface area (Å²) in [6.45, 7) is 0.760. The molecule has 1 heterocycles. The third-order valence-corrected chi connectivity index (χ3v) is 3.76. The van der Waals surface area contributed by atoms with Gasteiger partial charge in [0, 0.05) is 22.0 Å². The van der Waals surface area contributed by atoms with Crippen LogP contribution < -0.4 is 5.73 Å². The van der Waals surface area contributed by atoms with E-state index in [1.165, 1.54) is 6.07 Å². The van der Waals surface area contributed by atoms with E-state index < -0.39 is 0 Å². The number of aromatic nitrogens is 2. The van der Waals surface area contributed by atoms with Gasteiger partial charge in [0.25, 0.3) is 0 Å². The first-order chi connectivity index (χ1) is 9.69. The van der Waals surface area contributed by atoms with Gasteiger partial charge < -0.3 is 5.73 Å². The fourth-order valence-corrected chi connectivity index (χ4v) is 2.61. The number of rotatable bonds is 3. The van der Waals surface area contributed by atoms with E-state index in [1.807, 2.05) is 30.3 Å². The Labute approximate surface area is 124 Å². The third kappa shape index (κ3) is 2.34. The number of nitrogens with two attached hydrogens (primary N) is 1. The van der Waals surface area contributed by atoms with E-state index in [9.17, 15) is 4.39 Å². The van der Waals surface area contributed by atoms with Crippen LogP contribution in [0.3, 0.4) is 0 Å². The van der Waals surface area contributed by atoms with Crippen molar-refractivity contribution in [1.82, 2.24) is 9.78 Å². The maximum absolute atomic E-state index is 13.9. The minimum atomic E-state index is -0.242. The molecule has 5 heteroatoms. The molecule has 3 aromatic rings. The summed E-state index contributed by atoms with van der Waals surface area (Å²) in [5, 5.41) is 5.50. The standard InChI is InChI=1S/C15H13BrFN3/c16-11-6-5-10(13(17)7-11)9-20-15-4-2-1-3-12(15)14(8-18)19-20/h1-7H,8-9,18H2. The van der Waals surface area contributed by atoms with Crippen LogP contribution >= 0.6 is 15.9 Å². The highest BCUT2D eigenvalue weighted by molar-refractivity contribution is 9.10. The van der Waals surface area contributed by atoms with Gasteiger partial charge in [-0.1, -0.05) is 40.2 Å². The summed E-state index contributed by atoms with van der Waals surface area (Å²) in [4.78, 5) is 0. The normalized spacial score (nSPS) is 11.2. The van der Waals surface area contributed by atoms with Crippen LogP contribution in [0.5, 0.6) is 0 Å². The molecule has 0 aliphatic heterocycles. The molecule has 0 aliphatic rings. The molecule has 0 fully saturated rings. The molecule has 2 aromatic carbocycles. The molecule has 0 unspecified atom stereocenters. The van der Waals surface area contributed by atoms with Crippen molar-refractivity contribution in [3.05, 3.63) is 64.0 Å². The summed E-state index contributed by atoms with van der Waals surface area (Å²) in [6.07, 6.45) is 0. The Kier molecular flexibility index (Phi) is 3.54. The van der Waals surface area contributed by atoms with E-state index in [-0.39, 0.29) is 5.82 Å². The molecule has 0 aliphatic carbocycles. The van der Waals surface area contributed by atoms with Gasteiger partial charge in [0.1, 0.15) is 5.82 Å². The minimum absolute atomic E-state index is 0.242. The number of benzene rings is 2. The van der Waals surface area contributed by atoms with E-state index in [4.69, 9.17) is 5.73 Å². The van der Waals surface area contributed by atoms with Crippen LogP contribution in [0, 0.1) is 5.82 Å². The van der Waals surface area contributed by atoms with Crippen LogP contribution in [-0.2, 0) is 13.1 Å². The van der Waals surface area contributed by atoms with Gasteiger partial charge in [-0.3, -0.25) is 4.68 Å². The molecule has 20 heavy (non-hydrogen) atoms. The summed E-state index contributed by atoms with van der Waals surface area (Å²) >= 11 is 3.26. The predicted octanol–water partition coefficient (Wildman–Crippen LogP) is 3.44. The van der Waals surface area contributed by atoms with E-state index >= 15 is 0 Å². The highest BCUT2D eigenvalue weighted by Crippen LogP contribution is 2.21. The second-order valence-corrected chi connectivity index (χ2v) is 5.48. The lowest BCUT2D eigenvalue weighted by molar-refractivity contribution is 0.587. The van der Waals surface area contributed by atoms with Gasteiger partial charge in [-0.15, -0.1) is 0 Å². The van der Waals surface area contributed by atoms with Crippen molar-refractivity contribution in [3.63, 3.8) is 0 Å². The lowest BCUT2D eigenvalue weighted by Gasteiger charge is -2.05. The van der Waals surface area contributed by atoms with Gasteiger partial charge in [0.2, 0.25) is 0 Å². The average Bonchev–Trinajstić information content (AvgIpc) is 2.80. The second kappa shape index (κ2) is 5.34. The monoisotopic (exact) mass is 333 g/mol. The molecule has 2 N–H and O–H groups in total. The van der Waals surface area contributed by atoms with Crippen molar-refractivity contribution in [2.75, 3.05) is 0 Å². The summed E-state index contributed by atoms with van der Waals surface area (Å²) in [7, 11) is 0. The van der Waals surface area contributed by atoms with Gasteiger partial charge in [-0.05, 0) is 18.2 Å². The Morgan fingerprint density at radius 3 is 2.75 bits per heavy atom. The average molecular weight is 334 g/mol. The van der Waals surface area contributed by atoms with Gasteiger partial charge in [-0.25, -0.2) is 4.39 Å². The highest BCUT2D eigenvalue weighted by Gasteiger charge is 2.11. The van der Waals surface area contributed by atoms with Crippen molar-refractivity contribution in [2.45, 2.75) is 13.1 Å². The number of hydrogen-bond donors (Lipinski definition) is 1. The van der Waals surface area contributed by atoms with Gasteiger partial charge >= 0.3 is 0 Å². The first-order valence-corrected chi connectivity index (χ1v) is 7.07. The third-order valence-electron chi connectivity index (χ3n) is 3.26. The van der Waals surface area contributed by atoms with Crippen molar-refractivity contribution >= 4 is 26.8 Å². The Morgan fingerprint density at radius 2 is 2.00 bits per heavy atom. The zero-order valence-electron chi connectivity index (χ0n) is 10.7. The zero-order chi connectivity index (χ0) is 14.1. The lowest BCUT2D eigenvalue weighted by atomic mass is 10.2. The van der Waals surface area contributed by atoms with Gasteiger partial charge in [-0.2, -0.15) is 5.10 Å². The van der Waals surface area contributed by atoms with E-state index in [2.05, 4.69) is 21.0 Å². The summed E-state index contributed by atoms with van der Waals surface area (Å²) < 4.78 is 16.5. The first kappa shape index (κ1) is 13.3. The fourth-order valence-electron chi connectivity index (χ4n) is 2.28. The quantitative estimate of drug-likeness (QED) is 0.797. The molecule has 3 rings (SSSR count). The van der Waals surface area contributed by atoms with Crippen LogP contribution in [0.15, 0.2) is 46.9 Å². The van der Waals surface area contributed by atoms with Crippen molar-refractivity contribution in [1.29, 1.82) is 0 Å². The van der Waals surface area contributed by atoms with Crippen molar-refractivity contribution in [3.8, 4) is 0 Å². The zero-order valence-corrected chi connectivity index (χ0v) is 12.3. The highest BCUT2D eigenvalue weighted by atomic mass is 79.9. The van der Waals surface area contributed by atoms with Crippen molar-refractivity contribution in [2.24, 2.45) is 5.73 Å². The van der Waals surface area contributed by atoms with E-state index in [1.54, 1.807) is 10.7 Å². The number of fused-ring (bicyclic) bond motifs is 1. The molecule has 0 saturated carbocycles. The van der Waals surface area contributed by atoms with Crippen LogP contribution in [-0.4, -0.2) is 9.78 Å². The molecule has 0 spiro atoms. The van der Waals surface area contributed by atoms with E-state index in [0.29, 0.717) is 18.7 Å². The summed E-state index contributed by atoms with van der Waals surface area (Å²) in [6, 6.07) is 12.9. The summed E-state index contributed by atoms with van der Waals surface area (Å²) in [5.74, 6) is -0.242. The largest absolute Gasteiger partial charge is 0.325 e. The van der Waals surface area contributed by atoms with Crippen LogP contribution in [0.2, 0.25) is 0 Å². The predicted molar refractivity (Wildman–Crippen MR) is 80.8 cm³/mol. The molecule has 0 radical (unpaired) electrons. The lowest BCUT2D eigenvalue weighted by Crippen LogP contribution is -2.05. The molecule has 0 bridgehead atoms. The fraction of sp³-hybridized carbons (Fsp3) is 0.133. The number of nitrogens with zero attached hydrogens (tertiary/aromatic N) is 2. The van der Waals surface area contributed by atoms with E-state index in [0.717, 1.165) is 21.1 Å². The Bertz CT molecular complexity index is 767. The maximum atomic E-state index is 13.9. The Balaban J connectivity index is 2.06. The molecule has 1 aromatic heterocycles. The molecular weight excluding hydrogens is 321 g/mol. The smallest absolute Gasteiger partial charge is 0.129 e. The maximum Gasteiger partial charge on any atom is 0.129 e. The molecular formula is C15H13BrFN3. The Morgan fingerprint density at radius 1 is 1.20 bits per heavy atom. The first-order valence-electron chi connectivity index (χ1n) is 6.27. The van der Waals surface area contributed by atoms with Crippen LogP contribution in [0.4, 0.5) is 4.39 Å². The van der Waals surface area contributed by atoms with Crippen molar-refractivity contribution < 1.29 is 4.39 Å². The SMILES string of the molecule is NCc1nn(Cc2ccc(Br)cc2F)c2ccccc12. The molecule has 0 amide bonds. The number of para-hydroxylation sites is 1. The second-order valence-electron chi connectivity index (χ2n) is 4.56. The number of hydrogen-bond acceptors (Lipinski definition) is 2. The molecule has 3 nitrogen and oxygen atoms in total. The van der Waals surface area contributed by atoms with Crippen LogP contribution in [0.25, 0.3) is 10.9 Å². The molecule has 102 valence electrons. The molecule has 0 atom stereocenters. The molecule has 0 saturated heterocycles. The topological polar surface area (TPSA) is 43.8 Å². The Hall–Kier alpha value is -1.72. The minimum Gasteiger partial charge on any atom is -0.325 e. The summed E-state index contributed by atoms with van der Waals surface area (Å²) in [5.41, 5.74) is 8.12. The van der Waals surface area contributed by atoms with Gasteiger partial charge in [0.05, 0.1) is 17.8 Å².